The first-order valence-electron chi connectivity index (χ1n) is 11.7. The summed E-state index contributed by atoms with van der Waals surface area (Å²) in [6.45, 7) is 2.10. The smallest absolute Gasteiger partial charge is 0.433 e. The number of aromatic nitrogens is 1. The number of para-hydroxylation sites is 1. The number of Topliss-reactive ketones (excluding diaryl/α,β-unsaturated/α-hetero) is 1. The van der Waals surface area contributed by atoms with Crippen molar-refractivity contribution in [3.8, 4) is 5.75 Å². The van der Waals surface area contributed by atoms with Crippen molar-refractivity contribution in [1.82, 2.24) is 4.98 Å². The van der Waals surface area contributed by atoms with Gasteiger partial charge in [0.15, 0.2) is 5.78 Å². The zero-order valence-corrected chi connectivity index (χ0v) is 19.7. The highest BCUT2D eigenvalue weighted by Gasteiger charge is 2.34. The molecule has 3 aromatic rings. The average molecular weight is 490 g/mol. The van der Waals surface area contributed by atoms with Crippen LogP contribution in [0.3, 0.4) is 0 Å². The Bertz CT molecular complexity index is 1140. The molecule has 0 amide bonds. The molecule has 1 aliphatic rings. The Balaban J connectivity index is 1.41. The van der Waals surface area contributed by atoms with Crippen LogP contribution in [0.1, 0.15) is 61.5 Å². The molecule has 1 aliphatic carbocycles. The van der Waals surface area contributed by atoms with Crippen LogP contribution in [-0.4, -0.2) is 16.9 Å². The minimum atomic E-state index is -4.54. The molecule has 1 heterocycles. The number of carbonyl (C=O) groups excluding carboxylic acids is 1. The second-order valence-electron chi connectivity index (χ2n) is 8.98. The number of carbonyl (C=O) groups is 1. The molecule has 2 aromatic carbocycles. The first-order chi connectivity index (χ1) is 16.2. The lowest BCUT2D eigenvalue weighted by Gasteiger charge is -2.33. The van der Waals surface area contributed by atoms with E-state index >= 15 is 0 Å². The van der Waals surface area contributed by atoms with Gasteiger partial charge in [0.2, 0.25) is 0 Å². The molecule has 1 atom stereocenters. The molecule has 3 nitrogen and oxygen atoms in total. The van der Waals surface area contributed by atoms with Crippen LogP contribution in [-0.2, 0) is 6.18 Å². The summed E-state index contributed by atoms with van der Waals surface area (Å²) in [7, 11) is 0. The number of pyridine rings is 1. The molecule has 1 saturated carbocycles. The van der Waals surface area contributed by atoms with Gasteiger partial charge in [-0.3, -0.25) is 4.79 Å². The van der Waals surface area contributed by atoms with E-state index in [1.54, 1.807) is 48.5 Å². The molecule has 7 heteroatoms. The lowest BCUT2D eigenvalue weighted by atomic mass is 9.75. The molecule has 1 aromatic heterocycles. The summed E-state index contributed by atoms with van der Waals surface area (Å²) in [6, 6.07) is 14.7. The maximum absolute atomic E-state index is 13.3. The van der Waals surface area contributed by atoms with Crippen LogP contribution in [0.2, 0.25) is 5.02 Å². The number of nitrogens with zero attached hydrogens (tertiary/aromatic N) is 1. The molecule has 0 spiro atoms. The lowest BCUT2D eigenvalue weighted by molar-refractivity contribution is -0.141. The van der Waals surface area contributed by atoms with Crippen LogP contribution in [0.4, 0.5) is 13.2 Å². The van der Waals surface area contributed by atoms with Crippen LogP contribution in [0.15, 0.2) is 54.6 Å². The summed E-state index contributed by atoms with van der Waals surface area (Å²) in [4.78, 5) is 16.5. The van der Waals surface area contributed by atoms with Gasteiger partial charge in [-0.15, -0.1) is 0 Å². The highest BCUT2D eigenvalue weighted by Crippen LogP contribution is 2.38. The third-order valence-electron chi connectivity index (χ3n) is 6.79. The minimum Gasteiger partial charge on any atom is -0.490 e. The van der Waals surface area contributed by atoms with Gasteiger partial charge in [-0.25, -0.2) is 4.98 Å². The van der Waals surface area contributed by atoms with Gasteiger partial charge in [-0.2, -0.15) is 13.2 Å². The number of hydrogen-bond donors (Lipinski definition) is 0. The Morgan fingerprint density at radius 1 is 1.09 bits per heavy atom. The van der Waals surface area contributed by atoms with Crippen molar-refractivity contribution in [2.75, 3.05) is 0 Å². The third-order valence-corrected chi connectivity index (χ3v) is 7.04. The Labute approximate surface area is 202 Å². The fraction of sp³-hybridized carbons (Fsp3) is 0.407. The van der Waals surface area contributed by atoms with Gasteiger partial charge in [0.25, 0.3) is 0 Å². The second-order valence-corrected chi connectivity index (χ2v) is 9.41. The van der Waals surface area contributed by atoms with Crippen molar-refractivity contribution in [3.63, 3.8) is 0 Å². The van der Waals surface area contributed by atoms with E-state index in [1.165, 1.54) is 0 Å². The molecule has 0 radical (unpaired) electrons. The Morgan fingerprint density at radius 2 is 1.76 bits per heavy atom. The predicted molar refractivity (Wildman–Crippen MR) is 127 cm³/mol. The van der Waals surface area contributed by atoms with Crippen LogP contribution in [0.5, 0.6) is 5.75 Å². The number of hydrogen-bond acceptors (Lipinski definition) is 3. The summed E-state index contributed by atoms with van der Waals surface area (Å²) >= 11 is 5.92. The molecule has 0 saturated heterocycles. The van der Waals surface area contributed by atoms with Gasteiger partial charge in [-0.05, 0) is 73.9 Å². The SMILES string of the molecule is CC[C@@H](CC(=O)c1ccc(Cl)cc1)C1CCC(Oc2cc(C(F)(F)F)nc3ccccc23)CC1. The number of alkyl halides is 3. The number of ether oxygens (including phenoxy) is 1. The largest absolute Gasteiger partial charge is 0.490 e. The van der Waals surface area contributed by atoms with Crippen molar-refractivity contribution < 1.29 is 22.7 Å². The maximum atomic E-state index is 13.3. The number of fused-ring (bicyclic) bond motifs is 1. The van der Waals surface area contributed by atoms with E-state index in [-0.39, 0.29) is 29.1 Å². The molecular weight excluding hydrogens is 463 g/mol. The van der Waals surface area contributed by atoms with E-state index in [0.717, 1.165) is 38.2 Å². The average Bonchev–Trinajstić information content (AvgIpc) is 2.83. The highest BCUT2D eigenvalue weighted by atomic mass is 35.5. The quantitative estimate of drug-likeness (QED) is 0.314. The fourth-order valence-electron chi connectivity index (χ4n) is 4.88. The monoisotopic (exact) mass is 489 g/mol. The Hall–Kier alpha value is -2.60. The van der Waals surface area contributed by atoms with Gasteiger partial charge in [-0.1, -0.05) is 37.1 Å². The molecule has 180 valence electrons. The predicted octanol–water partition coefficient (Wildman–Crippen LogP) is 8.14. The van der Waals surface area contributed by atoms with E-state index in [0.29, 0.717) is 28.3 Å². The van der Waals surface area contributed by atoms with E-state index in [4.69, 9.17) is 16.3 Å². The third kappa shape index (κ3) is 5.72. The summed E-state index contributed by atoms with van der Waals surface area (Å²) in [5.74, 6) is 1.000. The van der Waals surface area contributed by atoms with Crippen molar-refractivity contribution in [2.45, 2.75) is 57.7 Å². The normalized spacial score (nSPS) is 19.7. The fourth-order valence-corrected chi connectivity index (χ4v) is 5.01. The maximum Gasteiger partial charge on any atom is 0.433 e. The van der Waals surface area contributed by atoms with Crippen LogP contribution in [0.25, 0.3) is 10.9 Å². The van der Waals surface area contributed by atoms with Crippen molar-refractivity contribution in [1.29, 1.82) is 0 Å². The van der Waals surface area contributed by atoms with Crippen molar-refractivity contribution in [3.05, 3.63) is 70.9 Å². The van der Waals surface area contributed by atoms with Gasteiger partial charge in [0.05, 0.1) is 11.6 Å². The minimum absolute atomic E-state index is 0.116. The molecule has 0 aliphatic heterocycles. The number of ketones is 1. The van der Waals surface area contributed by atoms with Gasteiger partial charge in [0, 0.05) is 28.5 Å². The summed E-state index contributed by atoms with van der Waals surface area (Å²) in [6.07, 6.45) is -0.0589. The summed E-state index contributed by atoms with van der Waals surface area (Å²) in [5.41, 5.74) is -0.000631. The molecule has 4 rings (SSSR count). The number of halogens is 4. The molecule has 1 fully saturated rings. The van der Waals surface area contributed by atoms with E-state index in [1.807, 2.05) is 0 Å². The molecule has 0 bridgehead atoms. The molecule has 0 unspecified atom stereocenters. The molecular formula is C27H27ClF3NO2. The van der Waals surface area contributed by atoms with Gasteiger partial charge in [0.1, 0.15) is 11.4 Å². The van der Waals surface area contributed by atoms with Crippen LogP contribution < -0.4 is 4.74 Å². The highest BCUT2D eigenvalue weighted by molar-refractivity contribution is 6.30. The zero-order chi connectivity index (χ0) is 24.3. The summed E-state index contributed by atoms with van der Waals surface area (Å²) < 4.78 is 46.2. The molecule has 34 heavy (non-hydrogen) atoms. The van der Waals surface area contributed by atoms with Gasteiger partial charge >= 0.3 is 6.18 Å². The zero-order valence-electron chi connectivity index (χ0n) is 18.9. The summed E-state index contributed by atoms with van der Waals surface area (Å²) in [5, 5.41) is 1.18. The van der Waals surface area contributed by atoms with E-state index in [9.17, 15) is 18.0 Å². The number of benzene rings is 2. The first-order valence-corrected chi connectivity index (χ1v) is 12.0. The topological polar surface area (TPSA) is 39.2 Å². The number of rotatable bonds is 7. The Kier molecular flexibility index (Phi) is 7.46. The lowest BCUT2D eigenvalue weighted by Crippen LogP contribution is -2.29. The van der Waals surface area contributed by atoms with Crippen LogP contribution >= 0.6 is 11.6 Å². The van der Waals surface area contributed by atoms with E-state index < -0.39 is 11.9 Å². The molecule has 0 N–H and O–H groups in total. The first kappa shape index (κ1) is 24.5. The van der Waals surface area contributed by atoms with Crippen LogP contribution in [0, 0.1) is 11.8 Å². The second kappa shape index (κ2) is 10.3. The van der Waals surface area contributed by atoms with E-state index in [2.05, 4.69) is 11.9 Å². The Morgan fingerprint density at radius 3 is 2.41 bits per heavy atom. The standard InChI is InChI=1S/C27H27ClF3NO2/c1-2-17(15-24(33)19-7-11-20(28)12-8-19)18-9-13-21(14-10-18)34-25-16-26(27(29,30)31)32-23-6-4-3-5-22(23)25/h3-8,11-12,16-18,21H,2,9-10,13-15H2,1H3/t17-,18?,21?/m0/s1. The van der Waals surface area contributed by atoms with Gasteiger partial charge < -0.3 is 4.74 Å². The van der Waals surface area contributed by atoms with Crippen molar-refractivity contribution >= 4 is 28.3 Å². The van der Waals surface area contributed by atoms with Crippen molar-refractivity contribution in [2.24, 2.45) is 11.8 Å².